The van der Waals surface area contributed by atoms with Crippen molar-refractivity contribution in [2.45, 2.75) is 232 Å². The zero-order valence-corrected chi connectivity index (χ0v) is 77.4. The molecular weight excluding hydrogens is 1750 g/mol. The number of likely N-dealkylation sites (N-methyl/N-ethyl adjacent to an activating group) is 1. The second kappa shape index (κ2) is 58.4. The van der Waals surface area contributed by atoms with Gasteiger partial charge in [0.1, 0.15) is 29.1 Å². The van der Waals surface area contributed by atoms with E-state index in [2.05, 4.69) is 37.2 Å². The van der Waals surface area contributed by atoms with Gasteiger partial charge < -0.3 is 98.7 Å². The summed E-state index contributed by atoms with van der Waals surface area (Å²) in [5.74, 6) is -30.7. The van der Waals surface area contributed by atoms with Crippen LogP contribution in [0, 0.1) is 53.3 Å². The van der Waals surface area contributed by atoms with Crippen molar-refractivity contribution >= 4 is 129 Å². The summed E-state index contributed by atoms with van der Waals surface area (Å²) in [5, 5.41) is 111. The fourth-order valence-corrected chi connectivity index (χ4v) is 15.8. The predicted octanol–water partition coefficient (Wildman–Crippen LogP) is 1.36. The maximum absolute atomic E-state index is 14.9. The first-order valence-electron chi connectivity index (χ1n) is 44.7. The van der Waals surface area contributed by atoms with E-state index in [-0.39, 0.29) is 117 Å². The summed E-state index contributed by atoms with van der Waals surface area (Å²) in [6, 6.07) is 10.4. The monoisotopic (exact) mass is 1880 g/mol. The number of phenolic OH excluding ortho intramolecular Hbond substituents is 2. The Morgan fingerprint density at radius 3 is 1.44 bits per heavy atom. The van der Waals surface area contributed by atoms with Crippen molar-refractivity contribution in [1.82, 2.24) is 47.0 Å². The molecule has 0 spiro atoms. The minimum Gasteiger partial charge on any atom is -0.508 e. The standard InChI is InChI=1S/C93H132N10O29S/c1-9-53(4)86(80(117)39-61(33-58-20-25-65(108)26-21-58)89(128)97-72(32-52(2)3)76(113)37-62(41-84(122)123)88(127)96-54(5)16-13-14-30-94)101-91(130)64(48-104)40-77(114)73(35-59-22-27-66(109)28-23-59)98-90(129)63(42-85(124)125)38-78(115)75(49-105)100-93(132)71(56(7)107)44-79(116)74(34-57-17-11-10-12-18-57)99-92(131)70(55(6)106)43-68(111)45-95-87(126)60(24-29-83(120)121)36-69(112)51-133-50-67(110)19-15-31-103-47-81(118)102(8)46-82(103)119/h10-12,17-18,20-23,25-28,52-56,60-64,70-75,86,104-109H,9,13-16,19,24,29-51,94H2,1-8H3,(H,95,126)(H,96,127)(H,97,128)(H,98,129)(H,99,131)(H,100,132)(H,101,130)(H,120,121)(H,122,123)(H,124,125)/t53-,54+,55+,56+,60+,61+,62-,63-,64-,70-,71-,72-,73-,74-,75-,86-/m0/s1. The van der Waals surface area contributed by atoms with Crippen LogP contribution in [0.4, 0.5) is 0 Å². The number of unbranched alkanes of at least 4 members (excludes halogenated alkanes) is 1. The van der Waals surface area contributed by atoms with Gasteiger partial charge in [-0.3, -0.25) is 95.9 Å². The smallest absolute Gasteiger partial charge is 0.304 e. The first-order valence-corrected chi connectivity index (χ1v) is 45.8. The van der Waals surface area contributed by atoms with E-state index in [4.69, 9.17) is 5.73 Å². The molecule has 734 valence electrons. The van der Waals surface area contributed by atoms with E-state index in [1.807, 2.05) is 0 Å². The lowest BCUT2D eigenvalue weighted by Gasteiger charge is -2.31. The van der Waals surface area contributed by atoms with Gasteiger partial charge in [-0.25, -0.2) is 0 Å². The van der Waals surface area contributed by atoms with Gasteiger partial charge in [0.25, 0.3) is 0 Å². The van der Waals surface area contributed by atoms with E-state index < -0.39 is 286 Å². The molecule has 0 bridgehead atoms. The van der Waals surface area contributed by atoms with Gasteiger partial charge in [0.2, 0.25) is 53.2 Å². The number of amides is 9. The van der Waals surface area contributed by atoms with Gasteiger partial charge in [-0.2, -0.15) is 0 Å². The van der Waals surface area contributed by atoms with Crippen molar-refractivity contribution in [3.63, 3.8) is 0 Å². The number of nitrogens with one attached hydrogen (secondary N) is 7. The molecule has 0 radical (unpaired) electrons. The molecule has 0 aromatic heterocycles. The van der Waals surface area contributed by atoms with E-state index in [0.717, 1.165) is 25.6 Å². The number of aromatic hydroxyl groups is 2. The zero-order valence-electron chi connectivity index (χ0n) is 76.6. The van der Waals surface area contributed by atoms with Gasteiger partial charge in [-0.1, -0.05) is 95.1 Å². The lowest BCUT2D eigenvalue weighted by molar-refractivity contribution is -0.148. The summed E-state index contributed by atoms with van der Waals surface area (Å²) < 4.78 is 0. The first-order chi connectivity index (χ1) is 62.8. The van der Waals surface area contributed by atoms with Crippen LogP contribution in [0.3, 0.4) is 0 Å². The fraction of sp³-hybridized carbons (Fsp3) is 0.591. The van der Waals surface area contributed by atoms with E-state index in [0.29, 0.717) is 36.9 Å². The lowest BCUT2D eigenvalue weighted by atomic mass is 9.85. The molecule has 1 fully saturated rings. The molecular formula is C93H132N10O29S. The fourth-order valence-electron chi connectivity index (χ4n) is 15.0. The SMILES string of the molecule is CC[C@H](C)[C@H](NC(=O)[C@H](CO)CC(=O)[C@H](Cc1ccc(O)cc1)NC(=O)[C@H](CC(=O)O)CC(=O)[C@H](CO)NC(=O)[C@@H](CC(=O)[C@H](Cc1ccccc1)NC(=O)[C@@H](CC(=O)CNC(=O)[C@H](CCC(=O)O)CC(=O)CSCC(=O)CCCN1CC(=O)N(C)CC1=O)[C@@H](C)O)[C@@H](C)O)C(=O)C[C@@H](Cc1ccc(O)cc1)C(=O)N[C@@H](CC(C)C)C(=O)C[C@@H](CC(=O)O)C(=O)N[C@H](C)CCCCN. The highest BCUT2D eigenvalue weighted by Crippen LogP contribution is 2.27. The molecule has 3 aromatic rings. The highest BCUT2D eigenvalue weighted by atomic mass is 32.2. The van der Waals surface area contributed by atoms with Crippen LogP contribution in [0.25, 0.3) is 0 Å². The number of aliphatic hydroxyl groups is 4. The highest BCUT2D eigenvalue weighted by Gasteiger charge is 2.41. The number of carbonyl (C=O) groups is 20. The molecule has 3 aromatic carbocycles. The molecule has 1 aliphatic rings. The van der Waals surface area contributed by atoms with Gasteiger partial charge >= 0.3 is 17.9 Å². The average molecular weight is 1890 g/mol. The Hall–Kier alpha value is -11.6. The first kappa shape index (κ1) is 114. The van der Waals surface area contributed by atoms with Crippen LogP contribution < -0.4 is 43.0 Å². The van der Waals surface area contributed by atoms with Gasteiger partial charge in [0.15, 0.2) is 34.7 Å². The Bertz CT molecular complexity index is 4470. The summed E-state index contributed by atoms with van der Waals surface area (Å²) in [6.45, 7) is 8.10. The Morgan fingerprint density at radius 1 is 0.436 bits per heavy atom. The van der Waals surface area contributed by atoms with Crippen molar-refractivity contribution in [1.29, 1.82) is 0 Å². The summed E-state index contributed by atoms with van der Waals surface area (Å²) in [6.07, 6.45) is -9.94. The third-order valence-corrected chi connectivity index (χ3v) is 24.1. The van der Waals surface area contributed by atoms with Crippen LogP contribution in [-0.2, 0) is 115 Å². The average Bonchev–Trinajstić information content (AvgIpc) is 0.843. The number of piperazine rings is 1. The number of aliphatic carboxylic acids is 3. The highest BCUT2D eigenvalue weighted by molar-refractivity contribution is 8.00. The number of carboxylic acid groups (broad SMARTS) is 3. The number of Topliss-reactive ketones (excluding diaryl/α,β-unsaturated/α-hetero) is 8. The number of nitrogens with two attached hydrogens (primary N) is 1. The molecule has 0 aliphatic carbocycles. The van der Waals surface area contributed by atoms with Crippen LogP contribution in [0.5, 0.6) is 11.5 Å². The van der Waals surface area contributed by atoms with Crippen LogP contribution in [0.2, 0.25) is 0 Å². The maximum atomic E-state index is 14.9. The Labute approximate surface area is 776 Å². The summed E-state index contributed by atoms with van der Waals surface area (Å²) in [5.41, 5.74) is 6.76. The molecule has 18 N–H and O–H groups in total. The number of benzene rings is 3. The van der Waals surface area contributed by atoms with E-state index in [9.17, 15) is 142 Å². The van der Waals surface area contributed by atoms with Gasteiger partial charge in [-0.15, -0.1) is 11.8 Å². The molecule has 0 saturated carbocycles. The Balaban J connectivity index is 1.52. The van der Waals surface area contributed by atoms with Crippen molar-refractivity contribution < 1.29 is 142 Å². The largest absolute Gasteiger partial charge is 0.508 e. The van der Waals surface area contributed by atoms with Gasteiger partial charge in [-0.05, 0) is 131 Å². The summed E-state index contributed by atoms with van der Waals surface area (Å²) in [7, 11) is 1.50. The van der Waals surface area contributed by atoms with Crippen molar-refractivity contribution in [3.05, 3.63) is 95.6 Å². The quantitative estimate of drug-likeness (QED) is 0.0355. The van der Waals surface area contributed by atoms with Crippen LogP contribution in [0.1, 0.15) is 181 Å². The van der Waals surface area contributed by atoms with Crippen molar-refractivity contribution in [2.75, 3.05) is 64.5 Å². The number of rotatable bonds is 67. The molecule has 39 nitrogen and oxygen atoms in total. The topological polar surface area (TPSA) is 640 Å². The number of nitrogens with zero attached hydrogens (tertiary/aromatic N) is 2. The zero-order chi connectivity index (χ0) is 99.5. The minimum atomic E-state index is -2.00. The van der Waals surface area contributed by atoms with Crippen LogP contribution >= 0.6 is 11.8 Å². The maximum Gasteiger partial charge on any atom is 0.304 e. The number of hydrogen-bond donors (Lipinski definition) is 17. The molecule has 1 aliphatic heterocycles. The molecule has 9 amide bonds. The number of hydrogen-bond acceptors (Lipinski definition) is 28. The Morgan fingerprint density at radius 2 is 0.910 bits per heavy atom. The second-order valence-electron chi connectivity index (χ2n) is 34.8. The summed E-state index contributed by atoms with van der Waals surface area (Å²) in [4.78, 5) is 275. The third kappa shape index (κ3) is 41.6. The van der Waals surface area contributed by atoms with Gasteiger partial charge in [0, 0.05) is 89.3 Å². The second-order valence-corrected chi connectivity index (χ2v) is 35.8. The normalized spacial score (nSPS) is 15.7. The molecule has 0 unspecified atom stereocenters. The molecule has 133 heavy (non-hydrogen) atoms. The summed E-state index contributed by atoms with van der Waals surface area (Å²) >= 11 is 0.949. The van der Waals surface area contributed by atoms with E-state index >= 15 is 0 Å². The molecule has 4 rings (SSSR count). The number of phenols is 2. The molecule has 1 heterocycles. The van der Waals surface area contributed by atoms with Gasteiger partial charge in [0.05, 0.1) is 123 Å². The number of aliphatic hydroxyl groups excluding tert-OH is 4. The van der Waals surface area contributed by atoms with Crippen LogP contribution in [-0.4, -0.2) is 286 Å². The van der Waals surface area contributed by atoms with E-state index in [1.54, 1.807) is 65.0 Å². The molecule has 16 atom stereocenters. The number of carbonyl (C=O) groups excluding carboxylic acids is 17. The number of carboxylic acids is 3. The molecule has 1 saturated heterocycles. The predicted molar refractivity (Wildman–Crippen MR) is 482 cm³/mol. The van der Waals surface area contributed by atoms with E-state index in [1.165, 1.54) is 65.4 Å². The lowest BCUT2D eigenvalue weighted by Crippen LogP contribution is -2.52. The van der Waals surface area contributed by atoms with Crippen molar-refractivity contribution in [2.24, 2.45) is 59.0 Å². The number of thioether (sulfide) groups is 1. The minimum absolute atomic E-state index is 0.0232. The third-order valence-electron chi connectivity index (χ3n) is 23.1. The molecule has 40 heteroatoms. The van der Waals surface area contributed by atoms with Crippen molar-refractivity contribution in [3.8, 4) is 11.5 Å². The number of ketones is 8. The van der Waals surface area contributed by atoms with Crippen LogP contribution in [0.15, 0.2) is 78.9 Å². The Kier molecular flexibility index (Phi) is 50.0.